The van der Waals surface area contributed by atoms with Crippen LogP contribution in [0.1, 0.15) is 47.5 Å². The van der Waals surface area contributed by atoms with Gasteiger partial charge in [0.05, 0.1) is 0 Å². The van der Waals surface area contributed by atoms with Crippen LogP contribution in [0.25, 0.3) is 0 Å². The molecule has 0 spiro atoms. The molecule has 0 rings (SSSR count). The number of hydrogen-bond donors (Lipinski definition) is 3. The molecule has 0 aromatic rings. The Bertz CT molecular complexity index is 293. The molecule has 0 aliphatic heterocycles. The number of nitrogens with two attached hydrogens (primary N) is 2. The Labute approximate surface area is 103 Å². The minimum absolute atomic E-state index is 0.115. The highest BCUT2D eigenvalue weighted by molar-refractivity contribution is 5.80. The van der Waals surface area contributed by atoms with Crippen molar-refractivity contribution in [2.24, 2.45) is 16.9 Å². The SMILES string of the molecule is CC(C)(CC(N)=O)NC(=O)CC(N)C(C)(C)C. The minimum atomic E-state index is -0.624. The van der Waals surface area contributed by atoms with Crippen LogP contribution in [-0.2, 0) is 9.59 Å². The average Bonchev–Trinajstić information content (AvgIpc) is 1.96. The summed E-state index contributed by atoms with van der Waals surface area (Å²) in [6, 6.07) is -0.216. The van der Waals surface area contributed by atoms with E-state index in [1.54, 1.807) is 13.8 Å². The second-order valence-electron chi connectivity index (χ2n) is 6.25. The van der Waals surface area contributed by atoms with E-state index in [1.165, 1.54) is 0 Å². The van der Waals surface area contributed by atoms with E-state index in [2.05, 4.69) is 5.32 Å². The highest BCUT2D eigenvalue weighted by Gasteiger charge is 2.27. The van der Waals surface area contributed by atoms with Gasteiger partial charge < -0.3 is 16.8 Å². The van der Waals surface area contributed by atoms with Gasteiger partial charge in [0.2, 0.25) is 11.8 Å². The van der Waals surface area contributed by atoms with Crippen LogP contribution < -0.4 is 16.8 Å². The van der Waals surface area contributed by atoms with Crippen LogP contribution in [0.15, 0.2) is 0 Å². The van der Waals surface area contributed by atoms with E-state index in [9.17, 15) is 9.59 Å². The van der Waals surface area contributed by atoms with Gasteiger partial charge in [0, 0.05) is 24.4 Å². The van der Waals surface area contributed by atoms with Crippen LogP contribution in [0.2, 0.25) is 0 Å². The van der Waals surface area contributed by atoms with Crippen molar-refractivity contribution in [2.75, 3.05) is 0 Å². The zero-order valence-corrected chi connectivity index (χ0v) is 11.5. The van der Waals surface area contributed by atoms with Crippen molar-refractivity contribution < 1.29 is 9.59 Å². The van der Waals surface area contributed by atoms with Gasteiger partial charge in [-0.1, -0.05) is 20.8 Å². The smallest absolute Gasteiger partial charge is 0.221 e. The van der Waals surface area contributed by atoms with Crippen LogP contribution in [-0.4, -0.2) is 23.4 Å². The van der Waals surface area contributed by atoms with Gasteiger partial charge in [0.25, 0.3) is 0 Å². The lowest BCUT2D eigenvalue weighted by Crippen LogP contribution is -2.49. The van der Waals surface area contributed by atoms with Gasteiger partial charge in [-0.3, -0.25) is 9.59 Å². The van der Waals surface area contributed by atoms with Crippen molar-refractivity contribution in [1.82, 2.24) is 5.32 Å². The summed E-state index contributed by atoms with van der Waals surface area (Å²) in [5, 5.41) is 2.77. The number of amides is 2. The normalized spacial score (nSPS) is 14.2. The Morgan fingerprint density at radius 3 is 2.00 bits per heavy atom. The van der Waals surface area contributed by atoms with Gasteiger partial charge in [-0.25, -0.2) is 0 Å². The zero-order valence-electron chi connectivity index (χ0n) is 11.5. The quantitative estimate of drug-likeness (QED) is 0.656. The largest absolute Gasteiger partial charge is 0.370 e. The standard InChI is InChI=1S/C12H25N3O2/c1-11(2,3)8(13)6-10(17)15-12(4,5)7-9(14)16/h8H,6-7,13H2,1-5H3,(H2,14,16)(H,15,17). The molecule has 1 atom stereocenters. The Hall–Kier alpha value is -1.10. The lowest BCUT2D eigenvalue weighted by atomic mass is 9.85. The first-order valence-corrected chi connectivity index (χ1v) is 5.79. The van der Waals surface area contributed by atoms with Gasteiger partial charge in [0.1, 0.15) is 0 Å². The first-order chi connectivity index (χ1) is 7.44. The zero-order chi connectivity index (χ0) is 13.9. The van der Waals surface area contributed by atoms with Gasteiger partial charge in [-0.2, -0.15) is 0 Å². The molecule has 0 aliphatic carbocycles. The van der Waals surface area contributed by atoms with Gasteiger partial charge in [-0.15, -0.1) is 0 Å². The van der Waals surface area contributed by atoms with E-state index >= 15 is 0 Å². The maximum Gasteiger partial charge on any atom is 0.221 e. The fourth-order valence-electron chi connectivity index (χ4n) is 1.41. The second kappa shape index (κ2) is 5.49. The lowest BCUT2D eigenvalue weighted by molar-refractivity contribution is -0.124. The summed E-state index contributed by atoms with van der Waals surface area (Å²) >= 11 is 0. The summed E-state index contributed by atoms with van der Waals surface area (Å²) in [4.78, 5) is 22.6. The number of hydrogen-bond acceptors (Lipinski definition) is 3. The summed E-state index contributed by atoms with van der Waals surface area (Å²) in [5.41, 5.74) is 10.3. The topological polar surface area (TPSA) is 98.2 Å². The van der Waals surface area contributed by atoms with Gasteiger partial charge in [-0.05, 0) is 19.3 Å². The van der Waals surface area contributed by atoms with E-state index in [1.807, 2.05) is 20.8 Å². The Morgan fingerprint density at radius 2 is 1.65 bits per heavy atom. The van der Waals surface area contributed by atoms with Gasteiger partial charge in [0.15, 0.2) is 0 Å². The molecule has 0 saturated carbocycles. The maximum atomic E-state index is 11.8. The van der Waals surface area contributed by atoms with E-state index in [0.717, 1.165) is 0 Å². The third-order valence-corrected chi connectivity index (χ3v) is 2.61. The van der Waals surface area contributed by atoms with Crippen LogP contribution >= 0.6 is 0 Å². The Morgan fingerprint density at radius 1 is 1.18 bits per heavy atom. The summed E-state index contributed by atoms with van der Waals surface area (Å²) in [6.07, 6.45) is 0.356. The van der Waals surface area contributed by atoms with E-state index in [-0.39, 0.29) is 30.2 Å². The number of carbonyl (C=O) groups is 2. The fraction of sp³-hybridized carbons (Fsp3) is 0.833. The van der Waals surface area contributed by atoms with Gasteiger partial charge >= 0.3 is 0 Å². The molecule has 0 saturated heterocycles. The third-order valence-electron chi connectivity index (χ3n) is 2.61. The highest BCUT2D eigenvalue weighted by Crippen LogP contribution is 2.20. The molecular weight excluding hydrogens is 218 g/mol. The highest BCUT2D eigenvalue weighted by atomic mass is 16.2. The summed E-state index contributed by atoms with van der Waals surface area (Å²) in [5.74, 6) is -0.589. The first-order valence-electron chi connectivity index (χ1n) is 5.79. The van der Waals surface area contributed by atoms with E-state index < -0.39 is 11.4 Å². The van der Waals surface area contributed by atoms with Crippen LogP contribution in [0, 0.1) is 5.41 Å². The summed E-state index contributed by atoms with van der Waals surface area (Å²) < 4.78 is 0. The second-order valence-corrected chi connectivity index (χ2v) is 6.25. The molecule has 0 aromatic carbocycles. The molecule has 0 fully saturated rings. The van der Waals surface area contributed by atoms with Crippen LogP contribution in [0.5, 0.6) is 0 Å². The maximum absolute atomic E-state index is 11.8. The van der Waals surface area contributed by atoms with E-state index in [4.69, 9.17) is 11.5 Å². The van der Waals surface area contributed by atoms with Crippen molar-refractivity contribution >= 4 is 11.8 Å². The minimum Gasteiger partial charge on any atom is -0.370 e. The Kier molecular flexibility index (Phi) is 5.13. The number of rotatable bonds is 5. The molecule has 5 N–H and O–H groups in total. The number of primary amides is 1. The molecule has 2 amide bonds. The Balaban J connectivity index is 4.32. The molecule has 0 aliphatic rings. The summed E-state index contributed by atoms with van der Waals surface area (Å²) in [6.45, 7) is 9.48. The van der Waals surface area contributed by atoms with Crippen LogP contribution in [0.4, 0.5) is 0 Å². The molecule has 0 aromatic heterocycles. The van der Waals surface area contributed by atoms with Crippen molar-refractivity contribution in [3.05, 3.63) is 0 Å². The monoisotopic (exact) mass is 243 g/mol. The lowest BCUT2D eigenvalue weighted by Gasteiger charge is -2.29. The first kappa shape index (κ1) is 15.9. The molecule has 0 heterocycles. The molecule has 5 nitrogen and oxygen atoms in total. The molecule has 0 radical (unpaired) electrons. The van der Waals surface area contributed by atoms with Crippen molar-refractivity contribution in [2.45, 2.75) is 59.0 Å². The third kappa shape index (κ3) is 6.94. The van der Waals surface area contributed by atoms with Crippen molar-refractivity contribution in [3.63, 3.8) is 0 Å². The molecular formula is C12H25N3O2. The summed E-state index contributed by atoms with van der Waals surface area (Å²) in [7, 11) is 0. The molecule has 100 valence electrons. The average molecular weight is 243 g/mol. The predicted molar refractivity (Wildman–Crippen MR) is 68.1 cm³/mol. The van der Waals surface area contributed by atoms with E-state index in [0.29, 0.717) is 0 Å². The van der Waals surface area contributed by atoms with Crippen molar-refractivity contribution in [1.29, 1.82) is 0 Å². The molecule has 5 heteroatoms. The van der Waals surface area contributed by atoms with Crippen LogP contribution in [0.3, 0.4) is 0 Å². The fourth-order valence-corrected chi connectivity index (χ4v) is 1.41. The predicted octanol–water partition coefficient (Wildman–Crippen LogP) is 0.520. The van der Waals surface area contributed by atoms with Crippen molar-refractivity contribution in [3.8, 4) is 0 Å². The number of carbonyl (C=O) groups excluding carboxylic acids is 2. The molecule has 17 heavy (non-hydrogen) atoms. The molecule has 1 unspecified atom stereocenters. The number of nitrogens with one attached hydrogen (secondary N) is 1. The molecule has 0 bridgehead atoms.